The Kier molecular flexibility index (Phi) is 8.40. The second-order valence-electron chi connectivity index (χ2n) is 7.39. The number of carbonyl (C=O) groups excluding carboxylic acids is 1. The molecule has 33 heavy (non-hydrogen) atoms. The van der Waals surface area contributed by atoms with E-state index in [9.17, 15) is 13.2 Å². The lowest BCUT2D eigenvalue weighted by Gasteiger charge is -2.25. The van der Waals surface area contributed by atoms with E-state index in [0.717, 1.165) is 17.1 Å². The van der Waals surface area contributed by atoms with Gasteiger partial charge in [-0.15, -0.1) is 0 Å². The van der Waals surface area contributed by atoms with Gasteiger partial charge in [-0.25, -0.2) is 8.42 Å². The number of anilines is 1. The van der Waals surface area contributed by atoms with Crippen LogP contribution in [0.2, 0.25) is 0 Å². The van der Waals surface area contributed by atoms with E-state index in [2.05, 4.69) is 5.32 Å². The van der Waals surface area contributed by atoms with Crippen LogP contribution in [0.4, 0.5) is 5.69 Å². The average molecular weight is 479 g/mol. The number of rotatable bonds is 11. The fourth-order valence-corrected chi connectivity index (χ4v) is 4.95. The minimum absolute atomic E-state index is 0.0269. The molecule has 0 bridgehead atoms. The smallest absolute Gasteiger partial charge is 0.264 e. The first kappa shape index (κ1) is 24.7. The van der Waals surface area contributed by atoms with Crippen LogP contribution in [-0.2, 0) is 19.6 Å². The molecule has 1 heterocycles. The first-order chi connectivity index (χ1) is 15.9. The number of nitrogens with zero attached hydrogens (tertiary/aromatic N) is 1. The fourth-order valence-electron chi connectivity index (χ4n) is 3.51. The lowest BCUT2D eigenvalue weighted by molar-refractivity contribution is -0.120. The average Bonchev–Trinajstić information content (AvgIpc) is 3.35. The molecule has 1 saturated heterocycles. The fraction of sp³-hybridized carbons (Fsp3) is 0.435. The van der Waals surface area contributed by atoms with Crippen molar-refractivity contribution in [3.8, 4) is 17.2 Å². The van der Waals surface area contributed by atoms with Gasteiger partial charge in [-0.1, -0.05) is 0 Å². The van der Waals surface area contributed by atoms with Gasteiger partial charge in [0.1, 0.15) is 12.3 Å². The number of ether oxygens (including phenoxy) is 4. The summed E-state index contributed by atoms with van der Waals surface area (Å²) < 4.78 is 49.7. The van der Waals surface area contributed by atoms with Crippen LogP contribution >= 0.6 is 0 Å². The lowest BCUT2D eigenvalue weighted by Crippen LogP contribution is -2.42. The highest BCUT2D eigenvalue weighted by Gasteiger charge is 2.29. The topological polar surface area (TPSA) is 103 Å². The minimum Gasteiger partial charge on any atom is -0.494 e. The monoisotopic (exact) mass is 478 g/mol. The summed E-state index contributed by atoms with van der Waals surface area (Å²) in [5, 5.41) is 2.78. The number of sulfonamides is 1. The first-order valence-corrected chi connectivity index (χ1v) is 12.2. The summed E-state index contributed by atoms with van der Waals surface area (Å²) in [6, 6.07) is 10.9. The van der Waals surface area contributed by atoms with Gasteiger partial charge in [0.05, 0.1) is 37.5 Å². The Morgan fingerprint density at radius 3 is 2.45 bits per heavy atom. The van der Waals surface area contributed by atoms with E-state index < -0.39 is 22.5 Å². The molecule has 10 heteroatoms. The number of hydrogen-bond donors (Lipinski definition) is 1. The van der Waals surface area contributed by atoms with Gasteiger partial charge in [0.25, 0.3) is 10.0 Å². The third-order valence-corrected chi connectivity index (χ3v) is 6.99. The summed E-state index contributed by atoms with van der Waals surface area (Å²) in [6.07, 6.45) is 1.77. The summed E-state index contributed by atoms with van der Waals surface area (Å²) in [5.41, 5.74) is 0.334. The molecule has 9 nitrogen and oxygen atoms in total. The van der Waals surface area contributed by atoms with Gasteiger partial charge in [0, 0.05) is 19.2 Å². The summed E-state index contributed by atoms with van der Waals surface area (Å²) in [5.74, 6) is 0.849. The number of carbonyl (C=O) groups is 1. The van der Waals surface area contributed by atoms with Gasteiger partial charge in [-0.05, 0) is 56.2 Å². The molecule has 2 aromatic carbocycles. The highest BCUT2D eigenvalue weighted by molar-refractivity contribution is 7.92. The minimum atomic E-state index is -4.10. The second kappa shape index (κ2) is 11.2. The van der Waals surface area contributed by atoms with Crippen molar-refractivity contribution in [2.75, 3.05) is 44.8 Å². The molecule has 0 unspecified atom stereocenters. The lowest BCUT2D eigenvalue weighted by atomic mass is 10.2. The molecule has 1 fully saturated rings. The van der Waals surface area contributed by atoms with Crippen molar-refractivity contribution in [3.63, 3.8) is 0 Å². The molecule has 0 aliphatic carbocycles. The Balaban J connectivity index is 1.90. The zero-order valence-corrected chi connectivity index (χ0v) is 19.9. The molecule has 1 amide bonds. The molecular weight excluding hydrogens is 448 g/mol. The number of nitrogens with one attached hydrogen (secondary N) is 1. The van der Waals surface area contributed by atoms with Gasteiger partial charge in [-0.3, -0.25) is 9.10 Å². The largest absolute Gasteiger partial charge is 0.494 e. The van der Waals surface area contributed by atoms with E-state index >= 15 is 0 Å². The SMILES string of the molecule is CCOc1ccc(N(CC(=O)NC[C@H]2CCCO2)S(=O)(=O)c2ccc(OC)c(OC)c2)cc1. The zero-order chi connectivity index (χ0) is 23.8. The molecule has 0 radical (unpaired) electrons. The van der Waals surface area contributed by atoms with Crippen molar-refractivity contribution in [1.29, 1.82) is 0 Å². The highest BCUT2D eigenvalue weighted by Crippen LogP contribution is 2.32. The van der Waals surface area contributed by atoms with Crippen LogP contribution in [0.5, 0.6) is 17.2 Å². The van der Waals surface area contributed by atoms with Crippen LogP contribution in [0.25, 0.3) is 0 Å². The Hall–Kier alpha value is -2.98. The third-order valence-electron chi connectivity index (χ3n) is 5.22. The van der Waals surface area contributed by atoms with E-state index in [1.54, 1.807) is 24.3 Å². The van der Waals surface area contributed by atoms with Crippen molar-refractivity contribution in [1.82, 2.24) is 5.32 Å². The molecule has 1 aliphatic heterocycles. The predicted octanol–water partition coefficient (Wildman–Crippen LogP) is 2.59. The highest BCUT2D eigenvalue weighted by atomic mass is 32.2. The number of hydrogen-bond acceptors (Lipinski definition) is 7. The Morgan fingerprint density at radius 1 is 1.12 bits per heavy atom. The number of benzene rings is 2. The maximum absolute atomic E-state index is 13.6. The molecular formula is C23H30N2O7S. The van der Waals surface area contributed by atoms with Gasteiger partial charge in [-0.2, -0.15) is 0 Å². The van der Waals surface area contributed by atoms with Crippen LogP contribution in [-0.4, -0.2) is 61.0 Å². The summed E-state index contributed by atoms with van der Waals surface area (Å²) in [4.78, 5) is 12.7. The van der Waals surface area contributed by atoms with Crippen LogP contribution in [0.3, 0.4) is 0 Å². The van der Waals surface area contributed by atoms with Crippen molar-refractivity contribution in [2.45, 2.75) is 30.8 Å². The zero-order valence-electron chi connectivity index (χ0n) is 19.1. The maximum atomic E-state index is 13.6. The second-order valence-corrected chi connectivity index (χ2v) is 9.26. The van der Waals surface area contributed by atoms with Crippen LogP contribution in [0.15, 0.2) is 47.4 Å². The Labute approximate surface area is 194 Å². The molecule has 1 N–H and O–H groups in total. The molecule has 2 aromatic rings. The molecule has 0 spiro atoms. The van der Waals surface area contributed by atoms with Crippen molar-refractivity contribution in [2.24, 2.45) is 0 Å². The van der Waals surface area contributed by atoms with E-state index in [1.165, 1.54) is 32.4 Å². The Bertz CT molecular complexity index is 1040. The summed E-state index contributed by atoms with van der Waals surface area (Å²) in [6.45, 7) is 2.97. The van der Waals surface area contributed by atoms with E-state index in [1.807, 2.05) is 6.92 Å². The Morgan fingerprint density at radius 2 is 1.85 bits per heavy atom. The summed E-state index contributed by atoms with van der Waals surface area (Å²) in [7, 11) is -1.21. The van der Waals surface area contributed by atoms with Gasteiger partial charge < -0.3 is 24.3 Å². The third kappa shape index (κ3) is 6.08. The van der Waals surface area contributed by atoms with Gasteiger partial charge in [0.15, 0.2) is 11.5 Å². The van der Waals surface area contributed by atoms with Crippen LogP contribution in [0, 0.1) is 0 Å². The quantitative estimate of drug-likeness (QED) is 0.529. The van der Waals surface area contributed by atoms with Gasteiger partial charge >= 0.3 is 0 Å². The molecule has 0 saturated carbocycles. The first-order valence-electron chi connectivity index (χ1n) is 10.7. The van der Waals surface area contributed by atoms with Crippen molar-refractivity contribution >= 4 is 21.6 Å². The molecule has 3 rings (SSSR count). The van der Waals surface area contributed by atoms with Crippen molar-refractivity contribution < 1.29 is 32.2 Å². The van der Waals surface area contributed by atoms with E-state index in [-0.39, 0.29) is 16.7 Å². The van der Waals surface area contributed by atoms with Crippen LogP contribution in [0.1, 0.15) is 19.8 Å². The standard InChI is InChI=1S/C23H30N2O7S/c1-4-31-18-9-7-17(8-10-18)25(16-23(26)24-15-19-6-5-13-32-19)33(27,28)20-11-12-21(29-2)22(14-20)30-3/h7-12,14,19H,4-6,13,15-16H2,1-3H3,(H,24,26)/t19-/m1/s1. The maximum Gasteiger partial charge on any atom is 0.264 e. The van der Waals surface area contributed by atoms with Crippen molar-refractivity contribution in [3.05, 3.63) is 42.5 Å². The van der Waals surface area contributed by atoms with Crippen LogP contribution < -0.4 is 23.8 Å². The molecule has 0 aromatic heterocycles. The van der Waals surface area contributed by atoms with E-state index in [0.29, 0.717) is 36.9 Å². The molecule has 1 atom stereocenters. The van der Waals surface area contributed by atoms with Gasteiger partial charge in [0.2, 0.25) is 5.91 Å². The molecule has 1 aliphatic rings. The predicted molar refractivity (Wildman–Crippen MR) is 124 cm³/mol. The number of amides is 1. The number of methoxy groups -OCH3 is 2. The summed E-state index contributed by atoms with van der Waals surface area (Å²) >= 11 is 0. The normalized spacial score (nSPS) is 15.7. The van der Waals surface area contributed by atoms with E-state index in [4.69, 9.17) is 18.9 Å². The molecule has 180 valence electrons.